The van der Waals surface area contributed by atoms with E-state index in [1.807, 2.05) is 0 Å². The molecule has 0 aliphatic carbocycles. The molecule has 4 rings (SSSR count). The van der Waals surface area contributed by atoms with Crippen LogP contribution in [0.3, 0.4) is 0 Å². The summed E-state index contributed by atoms with van der Waals surface area (Å²) in [6.45, 7) is 3.49. The average molecular weight is 381 g/mol. The smallest absolute Gasteiger partial charge is 0.340 e. The maximum Gasteiger partial charge on any atom is 0.340 e. The van der Waals surface area contributed by atoms with Gasteiger partial charge in [-0.25, -0.2) is 4.79 Å². The van der Waals surface area contributed by atoms with Crippen LogP contribution in [0, 0.1) is 6.92 Å². The maximum absolute atomic E-state index is 12.9. The molecule has 3 heterocycles. The van der Waals surface area contributed by atoms with Gasteiger partial charge in [0.05, 0.1) is 18.1 Å². The molecule has 1 amide bonds. The number of hydrogen-bond acceptors (Lipinski definition) is 6. The van der Waals surface area contributed by atoms with Crippen molar-refractivity contribution in [2.24, 2.45) is 5.73 Å². The number of pyridine rings is 1. The number of amides is 1. The molecule has 2 atom stereocenters. The van der Waals surface area contributed by atoms with Crippen LogP contribution < -0.4 is 21.3 Å². The number of esters is 1. The minimum Gasteiger partial charge on any atom is -0.462 e. The first-order valence-electron chi connectivity index (χ1n) is 8.90. The number of nitrogens with two attached hydrogens (primary N) is 1. The third kappa shape index (κ3) is 2.65. The fourth-order valence-corrected chi connectivity index (χ4v) is 3.85. The van der Waals surface area contributed by atoms with Gasteiger partial charge in [0.15, 0.2) is 0 Å². The summed E-state index contributed by atoms with van der Waals surface area (Å²) in [7, 11) is 0. The van der Waals surface area contributed by atoms with Gasteiger partial charge >= 0.3 is 5.97 Å². The van der Waals surface area contributed by atoms with Crippen LogP contribution in [0.4, 0.5) is 5.69 Å². The zero-order valence-electron chi connectivity index (χ0n) is 15.4. The van der Waals surface area contributed by atoms with Gasteiger partial charge in [-0.2, -0.15) is 0 Å². The van der Waals surface area contributed by atoms with Crippen molar-refractivity contribution in [1.82, 2.24) is 4.98 Å². The first-order chi connectivity index (χ1) is 13.4. The molecule has 8 nitrogen and oxygen atoms in total. The molecular weight excluding hydrogens is 362 g/mol. The number of nitrogens with one attached hydrogen (secondary N) is 2. The molecular formula is C20H19N3O5. The van der Waals surface area contributed by atoms with Crippen LogP contribution in [0.2, 0.25) is 0 Å². The second-order valence-electron chi connectivity index (χ2n) is 6.69. The maximum atomic E-state index is 12.9. The number of aromatic nitrogens is 1. The summed E-state index contributed by atoms with van der Waals surface area (Å²) in [5, 5.41) is 2.81. The Labute approximate surface area is 160 Å². The molecule has 0 unspecified atom stereocenters. The molecule has 0 spiro atoms. The highest BCUT2D eigenvalue weighted by Crippen LogP contribution is 2.49. The first kappa shape index (κ1) is 17.8. The van der Waals surface area contributed by atoms with Crippen LogP contribution in [0.5, 0.6) is 5.75 Å². The van der Waals surface area contributed by atoms with E-state index in [2.05, 4.69) is 10.3 Å². The van der Waals surface area contributed by atoms with Crippen molar-refractivity contribution in [1.29, 1.82) is 0 Å². The Morgan fingerprint density at radius 3 is 2.75 bits per heavy atom. The number of hydrogen-bond donors (Lipinski definition) is 3. The van der Waals surface area contributed by atoms with Crippen LogP contribution in [0.25, 0.3) is 0 Å². The number of aryl methyl sites for hydroxylation is 1. The molecule has 1 aromatic carbocycles. The number of rotatable bonds is 3. The number of para-hydroxylation sites is 1. The molecule has 0 bridgehead atoms. The average Bonchev–Trinajstić information content (AvgIpc) is 2.95. The summed E-state index contributed by atoms with van der Waals surface area (Å²) in [6.07, 6.45) is 0. The molecule has 1 aromatic heterocycles. The Hall–Kier alpha value is -3.55. The van der Waals surface area contributed by atoms with Crippen LogP contribution in [-0.4, -0.2) is 23.5 Å². The van der Waals surface area contributed by atoms with Crippen molar-refractivity contribution in [3.8, 4) is 5.75 Å². The van der Waals surface area contributed by atoms with Crippen molar-refractivity contribution in [2.75, 3.05) is 11.9 Å². The van der Waals surface area contributed by atoms with Gasteiger partial charge in [-0.15, -0.1) is 0 Å². The van der Waals surface area contributed by atoms with Gasteiger partial charge < -0.3 is 25.5 Å². The predicted molar refractivity (Wildman–Crippen MR) is 101 cm³/mol. The molecule has 0 saturated heterocycles. The van der Waals surface area contributed by atoms with Crippen molar-refractivity contribution >= 4 is 17.6 Å². The Morgan fingerprint density at radius 1 is 1.25 bits per heavy atom. The van der Waals surface area contributed by atoms with E-state index < -0.39 is 23.4 Å². The van der Waals surface area contributed by atoms with E-state index in [0.717, 1.165) is 0 Å². The van der Waals surface area contributed by atoms with Crippen LogP contribution in [-0.2, 0) is 14.3 Å². The van der Waals surface area contributed by atoms with E-state index in [0.29, 0.717) is 16.9 Å². The highest BCUT2D eigenvalue weighted by atomic mass is 16.5. The molecule has 0 fully saturated rings. The van der Waals surface area contributed by atoms with E-state index in [1.165, 1.54) is 0 Å². The number of carbonyl (C=O) groups excluding carboxylic acids is 2. The fourth-order valence-electron chi connectivity index (χ4n) is 3.85. The summed E-state index contributed by atoms with van der Waals surface area (Å²) in [4.78, 5) is 41.1. The van der Waals surface area contributed by atoms with Gasteiger partial charge in [-0.1, -0.05) is 18.2 Å². The Kier molecular flexibility index (Phi) is 4.18. The number of fused-ring (bicyclic) bond motifs is 2. The lowest BCUT2D eigenvalue weighted by Crippen LogP contribution is -2.36. The van der Waals surface area contributed by atoms with E-state index in [-0.39, 0.29) is 35.3 Å². The van der Waals surface area contributed by atoms with Gasteiger partial charge in [0.1, 0.15) is 11.3 Å². The summed E-state index contributed by atoms with van der Waals surface area (Å²) >= 11 is 0. The minimum absolute atomic E-state index is 0.0273. The molecule has 2 aliphatic heterocycles. The Bertz CT molecular complexity index is 1090. The van der Waals surface area contributed by atoms with Crippen molar-refractivity contribution in [3.05, 3.63) is 69.0 Å². The van der Waals surface area contributed by atoms with E-state index in [4.69, 9.17) is 15.2 Å². The molecule has 0 saturated carbocycles. The number of carbonyl (C=O) groups is 2. The van der Waals surface area contributed by atoms with Gasteiger partial charge in [0, 0.05) is 23.4 Å². The molecule has 4 N–H and O–H groups in total. The van der Waals surface area contributed by atoms with Crippen molar-refractivity contribution in [3.63, 3.8) is 0 Å². The summed E-state index contributed by atoms with van der Waals surface area (Å²) in [5.74, 6) is -2.73. The quantitative estimate of drug-likeness (QED) is 0.694. The second-order valence-corrected chi connectivity index (χ2v) is 6.69. The Balaban J connectivity index is 1.98. The predicted octanol–water partition coefficient (Wildman–Crippen LogP) is 1.63. The fraction of sp³-hybridized carbons (Fsp3) is 0.250. The number of anilines is 1. The minimum atomic E-state index is -0.934. The van der Waals surface area contributed by atoms with Gasteiger partial charge in [-0.05, 0) is 25.5 Å². The van der Waals surface area contributed by atoms with Crippen LogP contribution in [0.15, 0.2) is 46.6 Å². The summed E-state index contributed by atoms with van der Waals surface area (Å²) < 4.78 is 10.7. The summed E-state index contributed by atoms with van der Waals surface area (Å²) in [5.41, 5.74) is 7.67. The van der Waals surface area contributed by atoms with Gasteiger partial charge in [-0.3, -0.25) is 9.59 Å². The summed E-state index contributed by atoms with van der Waals surface area (Å²) in [6, 6.07) is 8.77. The topological polar surface area (TPSA) is 124 Å². The van der Waals surface area contributed by atoms with E-state index in [1.54, 1.807) is 44.2 Å². The first-order valence-corrected chi connectivity index (χ1v) is 8.90. The SMILES string of the molecule is CCOC(=O)C1=C(N)Oc2cc(C)[nH]c(=O)c2[C@@H]1[C@H]1C(=O)Nc2ccccc21. The normalized spacial score (nSPS) is 20.1. The molecule has 2 aliphatic rings. The highest BCUT2D eigenvalue weighted by molar-refractivity contribution is 6.05. The third-order valence-corrected chi connectivity index (χ3v) is 4.94. The van der Waals surface area contributed by atoms with E-state index in [9.17, 15) is 14.4 Å². The second kappa shape index (κ2) is 6.56. The zero-order chi connectivity index (χ0) is 20.0. The lowest BCUT2D eigenvalue weighted by atomic mass is 9.76. The largest absolute Gasteiger partial charge is 0.462 e. The zero-order valence-corrected chi connectivity index (χ0v) is 15.4. The van der Waals surface area contributed by atoms with Crippen molar-refractivity contribution in [2.45, 2.75) is 25.7 Å². The number of ether oxygens (including phenoxy) is 2. The van der Waals surface area contributed by atoms with E-state index >= 15 is 0 Å². The Morgan fingerprint density at radius 2 is 2.00 bits per heavy atom. The lowest BCUT2D eigenvalue weighted by Gasteiger charge is -2.30. The van der Waals surface area contributed by atoms with Crippen LogP contribution in [0.1, 0.15) is 35.6 Å². The van der Waals surface area contributed by atoms with Crippen LogP contribution >= 0.6 is 0 Å². The lowest BCUT2D eigenvalue weighted by molar-refractivity contribution is -0.139. The highest BCUT2D eigenvalue weighted by Gasteiger charge is 2.47. The molecule has 144 valence electrons. The molecule has 28 heavy (non-hydrogen) atoms. The van der Waals surface area contributed by atoms with Crippen molar-refractivity contribution < 1.29 is 19.1 Å². The standard InChI is InChI=1S/C20H19N3O5/c1-3-27-20(26)16-15(13-10-6-4-5-7-11(10)23-18(13)24)14-12(28-17(16)21)8-9(2)22-19(14)25/h4-8,13,15H,3,21H2,1-2H3,(H,22,25)(H,23,24)/t13-,15-/m0/s1. The number of aromatic amines is 1. The molecule has 8 heteroatoms. The monoisotopic (exact) mass is 381 g/mol. The number of H-pyrrole nitrogens is 1. The number of benzene rings is 1. The third-order valence-electron chi connectivity index (χ3n) is 4.94. The van der Waals surface area contributed by atoms with Gasteiger partial charge in [0.2, 0.25) is 11.8 Å². The van der Waals surface area contributed by atoms with Gasteiger partial charge in [0.25, 0.3) is 5.56 Å². The molecule has 0 radical (unpaired) electrons. The molecule has 2 aromatic rings.